The van der Waals surface area contributed by atoms with E-state index in [1.807, 2.05) is 31.2 Å². The van der Waals surface area contributed by atoms with Crippen LogP contribution in [0.25, 0.3) is 0 Å². The van der Waals surface area contributed by atoms with Crippen molar-refractivity contribution in [3.63, 3.8) is 0 Å². The van der Waals surface area contributed by atoms with Crippen LogP contribution in [0.4, 0.5) is 0 Å². The van der Waals surface area contributed by atoms with Crippen LogP contribution in [0.15, 0.2) is 28.7 Å². The third kappa shape index (κ3) is 9.18. The molecule has 1 amide bonds. The zero-order valence-corrected chi connectivity index (χ0v) is 14.0. The van der Waals surface area contributed by atoms with E-state index in [1.54, 1.807) is 0 Å². The smallest absolute Gasteiger partial charge is 0.220 e. The Balaban J connectivity index is 0.00000361. The molecule has 0 spiro atoms. The first-order valence-corrected chi connectivity index (χ1v) is 7.28. The number of nitrogens with two attached hydrogens (primary N) is 1. The van der Waals surface area contributed by atoms with Crippen LogP contribution in [-0.2, 0) is 4.79 Å². The lowest BCUT2D eigenvalue weighted by Crippen LogP contribution is -2.28. The van der Waals surface area contributed by atoms with Gasteiger partial charge in [0.15, 0.2) is 0 Å². The maximum absolute atomic E-state index is 11.5. The number of ether oxygens (including phenoxy) is 1. The Morgan fingerprint density at radius 2 is 2.25 bits per heavy atom. The van der Waals surface area contributed by atoms with Gasteiger partial charge in [0.05, 0.1) is 6.61 Å². The minimum Gasteiger partial charge on any atom is -0.494 e. The highest BCUT2D eigenvalue weighted by Crippen LogP contribution is 2.17. The predicted molar refractivity (Wildman–Crippen MR) is 87.4 cm³/mol. The molecule has 1 aromatic carbocycles. The van der Waals surface area contributed by atoms with Crippen LogP contribution >= 0.6 is 28.3 Å². The first-order valence-electron chi connectivity index (χ1n) is 6.48. The molecule has 0 aromatic heterocycles. The zero-order valence-electron chi connectivity index (χ0n) is 11.6. The van der Waals surface area contributed by atoms with Crippen LogP contribution in [-0.4, -0.2) is 25.1 Å². The van der Waals surface area contributed by atoms with Crippen molar-refractivity contribution in [1.29, 1.82) is 0 Å². The molecular weight excluding hydrogens is 344 g/mol. The summed E-state index contributed by atoms with van der Waals surface area (Å²) in [6, 6.07) is 7.79. The average molecular weight is 366 g/mol. The largest absolute Gasteiger partial charge is 0.494 e. The lowest BCUT2D eigenvalue weighted by Gasteiger charge is -2.08. The Hall–Kier alpha value is -0.780. The van der Waals surface area contributed by atoms with Gasteiger partial charge in [-0.25, -0.2) is 0 Å². The molecule has 0 saturated carbocycles. The van der Waals surface area contributed by atoms with Gasteiger partial charge in [-0.05, 0) is 38.0 Å². The molecule has 0 aliphatic heterocycles. The first-order chi connectivity index (χ1) is 9.08. The van der Waals surface area contributed by atoms with Gasteiger partial charge >= 0.3 is 0 Å². The van der Waals surface area contributed by atoms with Gasteiger partial charge in [0, 0.05) is 23.5 Å². The van der Waals surface area contributed by atoms with E-state index in [9.17, 15) is 4.79 Å². The molecule has 4 nitrogen and oxygen atoms in total. The van der Waals surface area contributed by atoms with Gasteiger partial charge in [-0.1, -0.05) is 22.0 Å². The van der Waals surface area contributed by atoms with Crippen molar-refractivity contribution in [3.05, 3.63) is 28.7 Å². The normalized spacial score (nSPS) is 11.3. The minimum absolute atomic E-state index is 0. The topological polar surface area (TPSA) is 64.3 Å². The van der Waals surface area contributed by atoms with Gasteiger partial charge in [-0.2, -0.15) is 0 Å². The summed E-state index contributed by atoms with van der Waals surface area (Å²) in [5.74, 6) is 0.866. The molecule has 114 valence electrons. The van der Waals surface area contributed by atoms with Gasteiger partial charge in [0.2, 0.25) is 5.91 Å². The molecule has 1 unspecified atom stereocenters. The lowest BCUT2D eigenvalue weighted by atomic mass is 10.2. The molecular formula is C14H22BrClN2O2. The van der Waals surface area contributed by atoms with Gasteiger partial charge < -0.3 is 15.8 Å². The third-order valence-corrected chi connectivity index (χ3v) is 3.03. The van der Waals surface area contributed by atoms with Crippen molar-refractivity contribution in [2.24, 2.45) is 5.73 Å². The van der Waals surface area contributed by atoms with Crippen molar-refractivity contribution in [2.75, 3.05) is 13.2 Å². The summed E-state index contributed by atoms with van der Waals surface area (Å²) in [5, 5.41) is 2.84. The maximum atomic E-state index is 11.5. The molecule has 6 heteroatoms. The summed E-state index contributed by atoms with van der Waals surface area (Å²) >= 11 is 3.38. The second-order valence-corrected chi connectivity index (χ2v) is 5.44. The molecule has 0 aliphatic rings. The second kappa shape index (κ2) is 10.9. The molecule has 0 radical (unpaired) electrons. The average Bonchev–Trinajstić information content (AvgIpc) is 2.34. The molecule has 1 aromatic rings. The van der Waals surface area contributed by atoms with E-state index in [0.717, 1.165) is 16.6 Å². The SMILES string of the molecule is CC(N)CCNC(=O)CCCOc1cccc(Br)c1.Cl. The summed E-state index contributed by atoms with van der Waals surface area (Å²) in [7, 11) is 0. The Labute approximate surface area is 135 Å². The standard InChI is InChI=1S/C14H21BrN2O2.ClH/c1-11(16)7-8-17-14(18)6-3-9-19-13-5-2-4-12(15)10-13;/h2,4-5,10-11H,3,6-9,16H2,1H3,(H,17,18);1H. The molecule has 1 atom stereocenters. The molecule has 0 heterocycles. The number of nitrogens with one attached hydrogen (secondary N) is 1. The molecule has 0 saturated heterocycles. The van der Waals surface area contributed by atoms with Crippen molar-refractivity contribution in [3.8, 4) is 5.75 Å². The number of halogens is 2. The van der Waals surface area contributed by atoms with Crippen molar-refractivity contribution in [1.82, 2.24) is 5.32 Å². The Bertz CT molecular complexity index is 403. The van der Waals surface area contributed by atoms with Crippen molar-refractivity contribution >= 4 is 34.2 Å². The van der Waals surface area contributed by atoms with E-state index >= 15 is 0 Å². The van der Waals surface area contributed by atoms with Crippen LogP contribution in [0, 0.1) is 0 Å². The van der Waals surface area contributed by atoms with Gasteiger partial charge in [0.1, 0.15) is 5.75 Å². The molecule has 20 heavy (non-hydrogen) atoms. The van der Waals surface area contributed by atoms with Crippen LogP contribution < -0.4 is 15.8 Å². The predicted octanol–water partition coefficient (Wildman–Crippen LogP) is 2.88. The Morgan fingerprint density at radius 1 is 1.50 bits per heavy atom. The number of amides is 1. The summed E-state index contributed by atoms with van der Waals surface area (Å²) < 4.78 is 6.53. The number of benzene rings is 1. The highest BCUT2D eigenvalue weighted by Gasteiger charge is 2.02. The summed E-state index contributed by atoms with van der Waals surface area (Å²) in [6.45, 7) is 3.11. The Morgan fingerprint density at radius 3 is 2.90 bits per heavy atom. The van der Waals surface area contributed by atoms with Crippen LogP contribution in [0.3, 0.4) is 0 Å². The minimum atomic E-state index is 0. The van der Waals surface area contributed by atoms with E-state index in [2.05, 4.69) is 21.2 Å². The third-order valence-electron chi connectivity index (χ3n) is 2.53. The van der Waals surface area contributed by atoms with Crippen LogP contribution in [0.2, 0.25) is 0 Å². The number of carbonyl (C=O) groups is 1. The van der Waals surface area contributed by atoms with Crippen molar-refractivity contribution < 1.29 is 9.53 Å². The number of rotatable bonds is 8. The lowest BCUT2D eigenvalue weighted by molar-refractivity contribution is -0.121. The summed E-state index contributed by atoms with van der Waals surface area (Å²) in [5.41, 5.74) is 5.60. The first kappa shape index (κ1) is 19.2. The summed E-state index contributed by atoms with van der Waals surface area (Å²) in [4.78, 5) is 11.5. The molecule has 1 rings (SSSR count). The monoisotopic (exact) mass is 364 g/mol. The molecule has 3 N–H and O–H groups in total. The van der Waals surface area contributed by atoms with E-state index in [4.69, 9.17) is 10.5 Å². The maximum Gasteiger partial charge on any atom is 0.220 e. The second-order valence-electron chi connectivity index (χ2n) is 4.53. The van der Waals surface area contributed by atoms with Crippen molar-refractivity contribution in [2.45, 2.75) is 32.2 Å². The number of hydrogen-bond acceptors (Lipinski definition) is 3. The van der Waals surface area contributed by atoms with Gasteiger partial charge in [-0.15, -0.1) is 12.4 Å². The van der Waals surface area contributed by atoms with Crippen LogP contribution in [0.1, 0.15) is 26.2 Å². The fraction of sp³-hybridized carbons (Fsp3) is 0.500. The van der Waals surface area contributed by atoms with Crippen LogP contribution in [0.5, 0.6) is 5.75 Å². The van der Waals surface area contributed by atoms with E-state index < -0.39 is 0 Å². The van der Waals surface area contributed by atoms with Gasteiger partial charge in [0.25, 0.3) is 0 Å². The highest BCUT2D eigenvalue weighted by atomic mass is 79.9. The highest BCUT2D eigenvalue weighted by molar-refractivity contribution is 9.10. The number of hydrogen-bond donors (Lipinski definition) is 2. The number of carbonyl (C=O) groups excluding carboxylic acids is 1. The van der Waals surface area contributed by atoms with E-state index in [-0.39, 0.29) is 24.4 Å². The van der Waals surface area contributed by atoms with E-state index in [1.165, 1.54) is 0 Å². The fourth-order valence-electron chi connectivity index (χ4n) is 1.51. The van der Waals surface area contributed by atoms with Gasteiger partial charge in [-0.3, -0.25) is 4.79 Å². The Kier molecular flexibility index (Phi) is 10.5. The zero-order chi connectivity index (χ0) is 14.1. The van der Waals surface area contributed by atoms with E-state index in [0.29, 0.717) is 26.0 Å². The molecule has 0 aliphatic carbocycles. The fourth-order valence-corrected chi connectivity index (χ4v) is 1.89. The summed E-state index contributed by atoms with van der Waals surface area (Å²) in [6.07, 6.45) is 1.99. The molecule has 0 fully saturated rings. The quantitative estimate of drug-likeness (QED) is 0.696. The molecule has 0 bridgehead atoms.